The summed E-state index contributed by atoms with van der Waals surface area (Å²) in [6.07, 6.45) is 5.55. The molecule has 0 saturated carbocycles. The lowest BCUT2D eigenvalue weighted by Crippen LogP contribution is -2.42. The summed E-state index contributed by atoms with van der Waals surface area (Å²) in [5.41, 5.74) is 1.80. The van der Waals surface area contributed by atoms with Crippen molar-refractivity contribution in [3.63, 3.8) is 0 Å². The molecule has 0 radical (unpaired) electrons. The molecular formula is C16H16BrN5. The molecule has 1 fully saturated rings. The Bertz CT molecular complexity index is 683. The molecule has 112 valence electrons. The minimum atomic E-state index is 0.359. The number of nitrogens with zero attached hydrogens (tertiary/aromatic N) is 4. The van der Waals surface area contributed by atoms with Crippen molar-refractivity contribution in [2.24, 2.45) is 0 Å². The number of aromatic nitrogens is 2. The molecule has 0 amide bonds. The first-order valence-corrected chi connectivity index (χ1v) is 8.03. The Kier molecular flexibility index (Phi) is 4.54. The van der Waals surface area contributed by atoms with E-state index in [1.165, 1.54) is 0 Å². The highest BCUT2D eigenvalue weighted by atomic mass is 79.9. The third-order valence-corrected chi connectivity index (χ3v) is 4.45. The van der Waals surface area contributed by atoms with Crippen LogP contribution in [-0.2, 0) is 0 Å². The Labute approximate surface area is 138 Å². The van der Waals surface area contributed by atoms with E-state index in [2.05, 4.69) is 42.2 Å². The van der Waals surface area contributed by atoms with Crippen LogP contribution < -0.4 is 10.2 Å². The van der Waals surface area contributed by atoms with Gasteiger partial charge in [0, 0.05) is 35.5 Å². The van der Waals surface area contributed by atoms with Crippen molar-refractivity contribution in [1.82, 2.24) is 9.97 Å². The average Bonchev–Trinajstić information content (AvgIpc) is 2.56. The van der Waals surface area contributed by atoms with Crippen LogP contribution in [0.5, 0.6) is 0 Å². The first-order valence-electron chi connectivity index (χ1n) is 7.23. The molecule has 5 nitrogen and oxygen atoms in total. The van der Waals surface area contributed by atoms with E-state index in [1.807, 2.05) is 24.3 Å². The first kappa shape index (κ1) is 14.8. The fourth-order valence-electron chi connectivity index (χ4n) is 2.71. The van der Waals surface area contributed by atoms with Gasteiger partial charge in [-0.05, 0) is 53.0 Å². The van der Waals surface area contributed by atoms with Crippen LogP contribution >= 0.6 is 15.9 Å². The van der Waals surface area contributed by atoms with E-state index in [1.54, 1.807) is 12.5 Å². The second kappa shape index (κ2) is 6.75. The summed E-state index contributed by atoms with van der Waals surface area (Å²) < 4.78 is 0.846. The third kappa shape index (κ3) is 3.37. The van der Waals surface area contributed by atoms with E-state index < -0.39 is 0 Å². The molecule has 1 aromatic carbocycles. The normalized spacial score (nSPS) is 17.8. The molecule has 2 heterocycles. The van der Waals surface area contributed by atoms with Crippen LogP contribution in [0.1, 0.15) is 18.4 Å². The Balaban J connectivity index is 1.70. The van der Waals surface area contributed by atoms with Crippen LogP contribution in [0, 0.1) is 11.3 Å². The van der Waals surface area contributed by atoms with Gasteiger partial charge < -0.3 is 10.2 Å². The number of nitriles is 1. The van der Waals surface area contributed by atoms with Crippen LogP contribution in [0.25, 0.3) is 0 Å². The van der Waals surface area contributed by atoms with Crippen molar-refractivity contribution in [2.45, 2.75) is 18.9 Å². The molecule has 0 bridgehead atoms. The van der Waals surface area contributed by atoms with Crippen molar-refractivity contribution in [3.05, 3.63) is 46.8 Å². The number of nitrogens with one attached hydrogen (secondary N) is 1. The van der Waals surface area contributed by atoms with Crippen molar-refractivity contribution < 1.29 is 0 Å². The number of halogens is 1. The molecule has 1 saturated heterocycles. The lowest BCUT2D eigenvalue weighted by atomic mass is 10.0. The molecule has 22 heavy (non-hydrogen) atoms. The van der Waals surface area contributed by atoms with Crippen LogP contribution in [0.2, 0.25) is 0 Å². The molecule has 6 heteroatoms. The van der Waals surface area contributed by atoms with Gasteiger partial charge in [-0.25, -0.2) is 9.97 Å². The number of hydrogen-bond donors (Lipinski definition) is 1. The zero-order valence-electron chi connectivity index (χ0n) is 12.0. The van der Waals surface area contributed by atoms with Gasteiger partial charge in [0.1, 0.15) is 18.2 Å². The quantitative estimate of drug-likeness (QED) is 0.913. The molecule has 3 rings (SSSR count). The number of anilines is 2. The highest BCUT2D eigenvalue weighted by molar-refractivity contribution is 9.10. The van der Waals surface area contributed by atoms with Gasteiger partial charge in [0.25, 0.3) is 0 Å². The predicted molar refractivity (Wildman–Crippen MR) is 89.7 cm³/mol. The van der Waals surface area contributed by atoms with E-state index in [0.29, 0.717) is 11.6 Å². The maximum Gasteiger partial charge on any atom is 0.129 e. The van der Waals surface area contributed by atoms with Gasteiger partial charge in [0.05, 0.1) is 5.56 Å². The van der Waals surface area contributed by atoms with Crippen molar-refractivity contribution in [1.29, 1.82) is 5.26 Å². The van der Waals surface area contributed by atoms with E-state index >= 15 is 0 Å². The monoisotopic (exact) mass is 357 g/mol. The summed E-state index contributed by atoms with van der Waals surface area (Å²) >= 11 is 3.46. The van der Waals surface area contributed by atoms with E-state index in [9.17, 15) is 0 Å². The second-order valence-electron chi connectivity index (χ2n) is 5.30. The Morgan fingerprint density at radius 3 is 3.00 bits per heavy atom. The average molecular weight is 358 g/mol. The molecule has 2 aromatic rings. The minimum absolute atomic E-state index is 0.359. The highest BCUT2D eigenvalue weighted by Crippen LogP contribution is 2.26. The maximum absolute atomic E-state index is 9.01. The fourth-order valence-corrected chi connectivity index (χ4v) is 3.16. The Morgan fingerprint density at radius 1 is 1.36 bits per heavy atom. The van der Waals surface area contributed by atoms with E-state index in [4.69, 9.17) is 5.26 Å². The minimum Gasteiger partial charge on any atom is -0.369 e. The molecule has 1 unspecified atom stereocenters. The zero-order valence-corrected chi connectivity index (χ0v) is 13.6. The molecule has 1 aliphatic heterocycles. The maximum atomic E-state index is 9.01. The second-order valence-corrected chi connectivity index (χ2v) is 6.15. The van der Waals surface area contributed by atoms with Crippen LogP contribution in [0.15, 0.2) is 41.3 Å². The van der Waals surface area contributed by atoms with Crippen LogP contribution in [-0.4, -0.2) is 29.1 Å². The summed E-state index contributed by atoms with van der Waals surface area (Å²) in [7, 11) is 0. The smallest absolute Gasteiger partial charge is 0.129 e. The third-order valence-electron chi connectivity index (χ3n) is 3.79. The van der Waals surface area contributed by atoms with Gasteiger partial charge >= 0.3 is 0 Å². The molecular weight excluding hydrogens is 342 g/mol. The summed E-state index contributed by atoms with van der Waals surface area (Å²) in [6.45, 7) is 1.95. The SMILES string of the molecule is N#Cc1ccc(N2CCCC(Nc3ccncn3)C2)cc1Br. The van der Waals surface area contributed by atoms with Gasteiger partial charge in [0.2, 0.25) is 0 Å². The molecule has 0 spiro atoms. The van der Waals surface area contributed by atoms with Gasteiger partial charge in [-0.15, -0.1) is 0 Å². The first-order chi connectivity index (χ1) is 10.8. The van der Waals surface area contributed by atoms with Gasteiger partial charge in [-0.2, -0.15) is 5.26 Å². The molecule has 1 aromatic heterocycles. The van der Waals surface area contributed by atoms with Crippen molar-refractivity contribution in [2.75, 3.05) is 23.3 Å². The number of piperidine rings is 1. The van der Waals surface area contributed by atoms with Gasteiger partial charge in [0.15, 0.2) is 0 Å². The fraction of sp³-hybridized carbons (Fsp3) is 0.312. The summed E-state index contributed by atoms with van der Waals surface area (Å²) in [5.74, 6) is 0.864. The number of hydrogen-bond acceptors (Lipinski definition) is 5. The Morgan fingerprint density at radius 2 is 2.27 bits per heavy atom. The number of benzene rings is 1. The van der Waals surface area contributed by atoms with E-state index in [-0.39, 0.29) is 0 Å². The standard InChI is InChI=1S/C16H16BrN5/c17-15-8-14(4-3-12(15)9-18)22-7-1-2-13(10-22)21-16-5-6-19-11-20-16/h3-6,8,11,13H,1-2,7,10H2,(H,19,20,21). The van der Waals surface area contributed by atoms with Gasteiger partial charge in [-0.1, -0.05) is 0 Å². The molecule has 1 atom stereocenters. The summed E-state index contributed by atoms with van der Waals surface area (Å²) in [5, 5.41) is 12.5. The predicted octanol–water partition coefficient (Wildman–Crippen LogP) is 3.19. The lowest BCUT2D eigenvalue weighted by molar-refractivity contribution is 0.529. The summed E-state index contributed by atoms with van der Waals surface area (Å²) in [4.78, 5) is 10.5. The highest BCUT2D eigenvalue weighted by Gasteiger charge is 2.20. The van der Waals surface area contributed by atoms with Gasteiger partial charge in [-0.3, -0.25) is 0 Å². The van der Waals surface area contributed by atoms with Crippen LogP contribution in [0.4, 0.5) is 11.5 Å². The number of rotatable bonds is 3. The van der Waals surface area contributed by atoms with Crippen molar-refractivity contribution >= 4 is 27.4 Å². The van der Waals surface area contributed by atoms with Crippen LogP contribution in [0.3, 0.4) is 0 Å². The molecule has 0 aliphatic carbocycles. The lowest BCUT2D eigenvalue weighted by Gasteiger charge is -2.35. The Hall–Kier alpha value is -2.13. The van der Waals surface area contributed by atoms with Crippen molar-refractivity contribution in [3.8, 4) is 6.07 Å². The largest absolute Gasteiger partial charge is 0.369 e. The topological polar surface area (TPSA) is 64.8 Å². The zero-order chi connectivity index (χ0) is 15.4. The molecule has 1 N–H and O–H groups in total. The molecule has 1 aliphatic rings. The summed E-state index contributed by atoms with van der Waals surface area (Å²) in [6, 6.07) is 10.3. The van der Waals surface area contributed by atoms with E-state index in [0.717, 1.165) is 41.9 Å².